The number of benzene rings is 3. The number of amides is 1. The molecule has 0 aliphatic carbocycles. The lowest BCUT2D eigenvalue weighted by atomic mass is 9.90. The minimum atomic E-state index is -3.80. The summed E-state index contributed by atoms with van der Waals surface area (Å²) in [5, 5.41) is 8.46. The van der Waals surface area contributed by atoms with Crippen LogP contribution in [-0.2, 0) is 14.8 Å². The van der Waals surface area contributed by atoms with Gasteiger partial charge in [-0.15, -0.1) is 0 Å². The van der Waals surface area contributed by atoms with E-state index in [0.717, 1.165) is 11.1 Å². The number of anilines is 1. The number of nitrogens with zero attached hydrogens (tertiary/aromatic N) is 1. The number of fused-ring (bicyclic) bond motifs is 1. The molecule has 0 spiro atoms. The van der Waals surface area contributed by atoms with E-state index in [4.69, 9.17) is 5.14 Å². The molecule has 4 aromatic rings. The van der Waals surface area contributed by atoms with Crippen LogP contribution in [0.4, 0.5) is 5.13 Å². The fraction of sp³-hybridized carbons (Fsp3) is 0.0476. The van der Waals surface area contributed by atoms with Crippen molar-refractivity contribution in [3.63, 3.8) is 0 Å². The van der Waals surface area contributed by atoms with E-state index in [1.807, 2.05) is 60.7 Å². The highest BCUT2D eigenvalue weighted by Gasteiger charge is 2.23. The predicted octanol–water partition coefficient (Wildman–Crippen LogP) is 3.71. The minimum absolute atomic E-state index is 0.0120. The number of carbonyl (C=O) groups is 1. The second-order valence-electron chi connectivity index (χ2n) is 6.44. The van der Waals surface area contributed by atoms with E-state index in [9.17, 15) is 13.2 Å². The van der Waals surface area contributed by atoms with Crippen LogP contribution in [-0.4, -0.2) is 19.3 Å². The SMILES string of the molecule is NS(=O)(=O)c1ccc2nc(NC(=O)C(c3ccccc3)c3ccccc3)sc2c1. The van der Waals surface area contributed by atoms with Gasteiger partial charge >= 0.3 is 0 Å². The Morgan fingerprint density at radius 3 is 2.07 bits per heavy atom. The quantitative estimate of drug-likeness (QED) is 0.511. The second kappa shape index (κ2) is 7.75. The van der Waals surface area contributed by atoms with Gasteiger partial charge in [-0.3, -0.25) is 4.79 Å². The van der Waals surface area contributed by atoms with E-state index in [2.05, 4.69) is 10.3 Å². The van der Waals surface area contributed by atoms with Gasteiger partial charge in [-0.25, -0.2) is 18.5 Å². The molecule has 8 heteroatoms. The predicted molar refractivity (Wildman–Crippen MR) is 114 cm³/mol. The lowest BCUT2D eigenvalue weighted by Gasteiger charge is -2.16. The molecule has 6 nitrogen and oxygen atoms in total. The zero-order chi connectivity index (χ0) is 20.4. The second-order valence-corrected chi connectivity index (χ2v) is 9.03. The van der Waals surface area contributed by atoms with E-state index in [1.165, 1.54) is 23.5 Å². The van der Waals surface area contributed by atoms with Crippen LogP contribution in [0.2, 0.25) is 0 Å². The van der Waals surface area contributed by atoms with Crippen LogP contribution in [0.25, 0.3) is 10.2 Å². The van der Waals surface area contributed by atoms with E-state index in [-0.39, 0.29) is 10.8 Å². The van der Waals surface area contributed by atoms with Gasteiger partial charge in [0.2, 0.25) is 15.9 Å². The molecule has 0 saturated carbocycles. The first-order valence-electron chi connectivity index (χ1n) is 8.76. The first kappa shape index (κ1) is 19.3. The zero-order valence-corrected chi connectivity index (χ0v) is 16.8. The zero-order valence-electron chi connectivity index (χ0n) is 15.1. The molecule has 0 fully saturated rings. The molecule has 0 aliphatic heterocycles. The summed E-state index contributed by atoms with van der Waals surface area (Å²) in [5.74, 6) is -0.711. The number of thiazole rings is 1. The third-order valence-corrected chi connectivity index (χ3v) is 6.29. The van der Waals surface area contributed by atoms with Gasteiger partial charge in [0.1, 0.15) is 0 Å². The van der Waals surface area contributed by atoms with Gasteiger partial charge in [-0.05, 0) is 29.3 Å². The number of hydrogen-bond acceptors (Lipinski definition) is 5. The summed E-state index contributed by atoms with van der Waals surface area (Å²) in [6.45, 7) is 0. The van der Waals surface area contributed by atoms with Crippen molar-refractivity contribution >= 4 is 42.6 Å². The molecule has 0 radical (unpaired) electrons. The van der Waals surface area contributed by atoms with Gasteiger partial charge in [0.15, 0.2) is 5.13 Å². The third-order valence-electron chi connectivity index (χ3n) is 4.45. The molecule has 0 aliphatic rings. The van der Waals surface area contributed by atoms with Crippen molar-refractivity contribution in [1.82, 2.24) is 4.98 Å². The van der Waals surface area contributed by atoms with Crippen LogP contribution in [0, 0.1) is 0 Å². The Bertz CT molecular complexity index is 1230. The summed E-state index contributed by atoms with van der Waals surface area (Å²) >= 11 is 1.20. The largest absolute Gasteiger partial charge is 0.301 e. The highest BCUT2D eigenvalue weighted by Crippen LogP contribution is 2.30. The highest BCUT2D eigenvalue weighted by atomic mass is 32.2. The van der Waals surface area contributed by atoms with Crippen molar-refractivity contribution in [2.24, 2.45) is 5.14 Å². The van der Waals surface area contributed by atoms with Crippen LogP contribution in [0.1, 0.15) is 17.0 Å². The minimum Gasteiger partial charge on any atom is -0.301 e. The topological polar surface area (TPSA) is 102 Å². The first-order valence-corrected chi connectivity index (χ1v) is 11.1. The van der Waals surface area contributed by atoms with Crippen LogP contribution >= 0.6 is 11.3 Å². The maximum atomic E-state index is 13.2. The molecule has 29 heavy (non-hydrogen) atoms. The normalized spacial score (nSPS) is 11.7. The standard InChI is InChI=1S/C21H17N3O3S2/c22-29(26,27)16-11-12-17-18(13-16)28-21(23-17)24-20(25)19(14-7-3-1-4-8-14)15-9-5-2-6-10-15/h1-13,19H,(H2,22,26,27)(H,23,24,25). The summed E-state index contributed by atoms with van der Waals surface area (Å²) in [4.78, 5) is 17.6. The van der Waals surface area contributed by atoms with Gasteiger partial charge in [-0.2, -0.15) is 0 Å². The smallest absolute Gasteiger partial charge is 0.238 e. The maximum absolute atomic E-state index is 13.2. The van der Waals surface area contributed by atoms with E-state index >= 15 is 0 Å². The number of primary sulfonamides is 1. The van der Waals surface area contributed by atoms with Crippen LogP contribution < -0.4 is 10.5 Å². The van der Waals surface area contributed by atoms with Crippen molar-refractivity contribution in [2.45, 2.75) is 10.8 Å². The average molecular weight is 424 g/mol. The number of hydrogen-bond donors (Lipinski definition) is 2. The Balaban J connectivity index is 1.67. The lowest BCUT2D eigenvalue weighted by Crippen LogP contribution is -2.22. The molecular weight excluding hydrogens is 406 g/mol. The lowest BCUT2D eigenvalue weighted by molar-refractivity contribution is -0.116. The molecule has 3 N–H and O–H groups in total. The summed E-state index contributed by atoms with van der Waals surface area (Å²) in [6.07, 6.45) is 0. The van der Waals surface area contributed by atoms with Gasteiger partial charge in [0.05, 0.1) is 21.0 Å². The van der Waals surface area contributed by atoms with E-state index in [1.54, 1.807) is 6.07 Å². The first-order chi connectivity index (χ1) is 13.9. The number of aromatic nitrogens is 1. The molecule has 4 rings (SSSR count). The highest BCUT2D eigenvalue weighted by molar-refractivity contribution is 7.89. The van der Waals surface area contributed by atoms with Gasteiger partial charge in [0, 0.05) is 0 Å². The summed E-state index contributed by atoms with van der Waals surface area (Å²) in [5.41, 5.74) is 2.33. The molecule has 0 saturated heterocycles. The number of rotatable bonds is 5. The molecular formula is C21H17N3O3S2. The Hall–Kier alpha value is -3.07. The monoisotopic (exact) mass is 423 g/mol. The third kappa shape index (κ3) is 4.19. The number of sulfonamides is 1. The number of nitrogens with two attached hydrogens (primary N) is 1. The fourth-order valence-corrected chi connectivity index (χ4v) is 4.62. The fourth-order valence-electron chi connectivity index (χ4n) is 3.10. The maximum Gasteiger partial charge on any atom is 0.238 e. The molecule has 146 valence electrons. The van der Waals surface area contributed by atoms with Crippen molar-refractivity contribution in [1.29, 1.82) is 0 Å². The van der Waals surface area contributed by atoms with Crippen molar-refractivity contribution in [3.05, 3.63) is 90.0 Å². The summed E-state index contributed by atoms with van der Waals surface area (Å²) < 4.78 is 23.7. The van der Waals surface area contributed by atoms with Crippen LogP contribution in [0.3, 0.4) is 0 Å². The van der Waals surface area contributed by atoms with Gasteiger partial charge in [-0.1, -0.05) is 72.0 Å². The summed E-state index contributed by atoms with van der Waals surface area (Å²) in [7, 11) is -3.80. The van der Waals surface area contributed by atoms with Gasteiger partial charge in [0.25, 0.3) is 0 Å². The number of nitrogens with one attached hydrogen (secondary N) is 1. The van der Waals surface area contributed by atoms with Crippen molar-refractivity contribution < 1.29 is 13.2 Å². The Labute approximate surface area is 172 Å². The van der Waals surface area contributed by atoms with Crippen molar-refractivity contribution in [3.8, 4) is 0 Å². The van der Waals surface area contributed by atoms with E-state index < -0.39 is 15.9 Å². The average Bonchev–Trinajstić information content (AvgIpc) is 3.10. The Morgan fingerprint density at radius 1 is 0.931 bits per heavy atom. The molecule has 0 atom stereocenters. The van der Waals surface area contributed by atoms with Gasteiger partial charge < -0.3 is 5.32 Å². The molecule has 0 unspecified atom stereocenters. The molecule has 0 bridgehead atoms. The molecule has 1 amide bonds. The Kier molecular flexibility index (Phi) is 5.14. The van der Waals surface area contributed by atoms with Crippen molar-refractivity contribution in [2.75, 3.05) is 5.32 Å². The van der Waals surface area contributed by atoms with Crippen LogP contribution in [0.15, 0.2) is 83.8 Å². The molecule has 1 aromatic heterocycles. The van der Waals surface area contributed by atoms with E-state index in [0.29, 0.717) is 15.3 Å². The van der Waals surface area contributed by atoms with Crippen LogP contribution in [0.5, 0.6) is 0 Å². The Morgan fingerprint density at radius 2 is 1.52 bits per heavy atom. The number of carbonyl (C=O) groups excluding carboxylic acids is 1. The molecule has 3 aromatic carbocycles. The summed E-state index contributed by atoms with van der Waals surface area (Å²) in [6, 6.07) is 23.5. The molecule has 1 heterocycles.